The molecule has 1 N–H and O–H groups in total. The number of para-hydroxylation sites is 1. The second kappa shape index (κ2) is 11.6. The predicted molar refractivity (Wildman–Crippen MR) is 142 cm³/mol. The molecule has 1 heterocycles. The predicted octanol–water partition coefficient (Wildman–Crippen LogP) is 4.80. The molecular weight excluding hydrogens is 500 g/mol. The monoisotopic (exact) mass is 525 g/mol. The van der Waals surface area contributed by atoms with E-state index in [9.17, 15) is 14.0 Å². The molecule has 4 aromatic carbocycles. The summed E-state index contributed by atoms with van der Waals surface area (Å²) in [5.74, 6) is -2.10. The Morgan fingerprint density at radius 2 is 1.51 bits per heavy atom. The van der Waals surface area contributed by atoms with Crippen molar-refractivity contribution in [3.63, 3.8) is 0 Å². The van der Waals surface area contributed by atoms with Crippen molar-refractivity contribution in [2.45, 2.75) is 25.7 Å². The van der Waals surface area contributed by atoms with Crippen LogP contribution in [0.1, 0.15) is 22.7 Å². The summed E-state index contributed by atoms with van der Waals surface area (Å²) >= 11 is 0. The minimum absolute atomic E-state index is 0.0435. The van der Waals surface area contributed by atoms with Gasteiger partial charge in [-0.3, -0.25) is 9.59 Å². The first-order valence-electron chi connectivity index (χ1n) is 12.4. The van der Waals surface area contributed by atoms with Crippen molar-refractivity contribution in [3.8, 4) is 0 Å². The van der Waals surface area contributed by atoms with E-state index in [4.69, 9.17) is 0 Å². The summed E-state index contributed by atoms with van der Waals surface area (Å²) in [5.41, 5.74) is 2.72. The molecule has 0 aliphatic carbocycles. The highest BCUT2D eigenvalue weighted by Crippen LogP contribution is 2.27. The molecule has 2 amide bonds. The lowest BCUT2D eigenvalue weighted by molar-refractivity contribution is -0.142. The maximum atomic E-state index is 15.2. The minimum Gasteiger partial charge on any atom is -0.350 e. The number of fused-ring (bicyclic) bond motifs is 1. The van der Waals surface area contributed by atoms with Gasteiger partial charge in [0, 0.05) is 18.7 Å². The highest BCUT2D eigenvalue weighted by atomic mass is 19.1. The number of halogens is 2. The largest absolute Gasteiger partial charge is 0.350 e. The second-order valence-corrected chi connectivity index (χ2v) is 9.01. The van der Waals surface area contributed by atoms with Crippen molar-refractivity contribution in [2.24, 2.45) is 0 Å². The zero-order valence-electron chi connectivity index (χ0n) is 20.9. The molecule has 0 radical (unpaired) electrons. The van der Waals surface area contributed by atoms with Crippen molar-refractivity contribution in [1.82, 2.24) is 25.2 Å². The summed E-state index contributed by atoms with van der Waals surface area (Å²) in [6.45, 7) is -0.112. The molecule has 1 aromatic heterocycles. The lowest BCUT2D eigenvalue weighted by atomic mass is 10.0. The molecule has 5 aromatic rings. The highest BCUT2D eigenvalue weighted by molar-refractivity contribution is 5.89. The zero-order chi connectivity index (χ0) is 27.2. The van der Waals surface area contributed by atoms with Gasteiger partial charge in [0.2, 0.25) is 11.8 Å². The topological polar surface area (TPSA) is 80.1 Å². The molecule has 1 atom stereocenters. The summed E-state index contributed by atoms with van der Waals surface area (Å²) in [6, 6.07) is 26.6. The fourth-order valence-electron chi connectivity index (χ4n) is 4.39. The van der Waals surface area contributed by atoms with Crippen LogP contribution in [-0.2, 0) is 29.2 Å². The Hall–Kier alpha value is -4.92. The quantitative estimate of drug-likeness (QED) is 0.300. The summed E-state index contributed by atoms with van der Waals surface area (Å²) in [4.78, 5) is 28.9. The van der Waals surface area contributed by atoms with Crippen LogP contribution in [-0.4, -0.2) is 31.7 Å². The van der Waals surface area contributed by atoms with Crippen LogP contribution in [0.2, 0.25) is 0 Å². The summed E-state index contributed by atoms with van der Waals surface area (Å²) in [5, 5.41) is 11.1. The van der Waals surface area contributed by atoms with E-state index in [0.717, 1.165) is 5.56 Å². The highest BCUT2D eigenvalue weighted by Gasteiger charge is 2.33. The zero-order valence-corrected chi connectivity index (χ0v) is 20.9. The Kier molecular flexibility index (Phi) is 7.68. The average molecular weight is 526 g/mol. The fourth-order valence-corrected chi connectivity index (χ4v) is 4.39. The van der Waals surface area contributed by atoms with Crippen LogP contribution in [0.5, 0.6) is 0 Å². The van der Waals surface area contributed by atoms with Crippen LogP contribution in [0.15, 0.2) is 103 Å². The molecule has 5 rings (SSSR count). The van der Waals surface area contributed by atoms with Gasteiger partial charge < -0.3 is 10.2 Å². The molecule has 7 nitrogen and oxygen atoms in total. The van der Waals surface area contributed by atoms with Crippen LogP contribution in [0.3, 0.4) is 0 Å². The SMILES string of the molecule is O=C(NCc1ccccc1)[C@H](c1ccccc1F)N(Cc1ccc(F)cc1)C(=O)Cn1nnc2ccccc21. The van der Waals surface area contributed by atoms with Crippen molar-refractivity contribution >= 4 is 22.8 Å². The number of carbonyl (C=O) groups excluding carboxylic acids is 2. The first kappa shape index (κ1) is 25.7. The third-order valence-electron chi connectivity index (χ3n) is 6.36. The van der Waals surface area contributed by atoms with Crippen molar-refractivity contribution in [2.75, 3.05) is 0 Å². The number of amides is 2. The standard InChI is InChI=1S/C30H25F2N5O2/c31-23-16-14-22(15-17-23)19-36(28(38)20-37-27-13-7-6-12-26(27)34-35-37)29(24-10-4-5-11-25(24)32)30(39)33-18-21-8-2-1-3-9-21/h1-17,29H,18-20H2,(H,33,39)/t29-/m0/s1. The lowest BCUT2D eigenvalue weighted by Crippen LogP contribution is -2.44. The number of benzene rings is 4. The summed E-state index contributed by atoms with van der Waals surface area (Å²) in [6.07, 6.45) is 0. The minimum atomic E-state index is -1.30. The van der Waals surface area contributed by atoms with Gasteiger partial charge in [-0.1, -0.05) is 78.0 Å². The molecule has 0 unspecified atom stereocenters. The maximum absolute atomic E-state index is 15.2. The molecule has 0 fully saturated rings. The molecular formula is C30H25F2N5O2. The first-order chi connectivity index (χ1) is 19.0. The Morgan fingerprint density at radius 3 is 2.28 bits per heavy atom. The summed E-state index contributed by atoms with van der Waals surface area (Å²) in [7, 11) is 0. The number of hydrogen-bond donors (Lipinski definition) is 1. The van der Waals surface area contributed by atoms with E-state index in [0.29, 0.717) is 16.6 Å². The Bertz CT molecular complexity index is 1590. The fraction of sp³-hybridized carbons (Fsp3) is 0.133. The molecule has 196 valence electrons. The number of nitrogens with zero attached hydrogens (tertiary/aromatic N) is 4. The Balaban J connectivity index is 1.52. The smallest absolute Gasteiger partial charge is 0.247 e. The third-order valence-corrected chi connectivity index (χ3v) is 6.36. The third kappa shape index (κ3) is 5.98. The number of aromatic nitrogens is 3. The molecule has 0 aliphatic heterocycles. The van der Waals surface area contributed by atoms with Crippen LogP contribution in [0.4, 0.5) is 8.78 Å². The number of hydrogen-bond acceptors (Lipinski definition) is 4. The van der Waals surface area contributed by atoms with Crippen LogP contribution >= 0.6 is 0 Å². The van der Waals surface area contributed by atoms with Crippen LogP contribution in [0.25, 0.3) is 11.0 Å². The molecule has 39 heavy (non-hydrogen) atoms. The van der Waals surface area contributed by atoms with Gasteiger partial charge in [-0.05, 0) is 41.5 Å². The first-order valence-corrected chi connectivity index (χ1v) is 12.4. The molecule has 0 bridgehead atoms. The van der Waals surface area contributed by atoms with Gasteiger partial charge in [-0.25, -0.2) is 13.5 Å². The van der Waals surface area contributed by atoms with E-state index in [1.165, 1.54) is 52.0 Å². The number of nitrogens with one attached hydrogen (secondary N) is 1. The number of carbonyl (C=O) groups is 2. The van der Waals surface area contributed by atoms with Crippen LogP contribution in [0, 0.1) is 11.6 Å². The van der Waals surface area contributed by atoms with Crippen molar-refractivity contribution in [3.05, 3.63) is 131 Å². The van der Waals surface area contributed by atoms with E-state index in [1.807, 2.05) is 42.5 Å². The maximum Gasteiger partial charge on any atom is 0.247 e. The molecule has 0 aliphatic rings. The van der Waals surface area contributed by atoms with Gasteiger partial charge in [-0.2, -0.15) is 0 Å². The molecule has 0 saturated carbocycles. The van der Waals surface area contributed by atoms with Gasteiger partial charge in [0.15, 0.2) is 0 Å². The van der Waals surface area contributed by atoms with Crippen LogP contribution < -0.4 is 5.32 Å². The van der Waals surface area contributed by atoms with Gasteiger partial charge >= 0.3 is 0 Å². The Morgan fingerprint density at radius 1 is 0.821 bits per heavy atom. The molecule has 9 heteroatoms. The van der Waals surface area contributed by atoms with Crippen molar-refractivity contribution in [1.29, 1.82) is 0 Å². The van der Waals surface area contributed by atoms with Crippen molar-refractivity contribution < 1.29 is 18.4 Å². The van der Waals surface area contributed by atoms with Gasteiger partial charge in [-0.15, -0.1) is 5.10 Å². The molecule has 0 saturated heterocycles. The van der Waals surface area contributed by atoms with E-state index in [-0.39, 0.29) is 25.2 Å². The average Bonchev–Trinajstić information content (AvgIpc) is 3.36. The molecule has 0 spiro atoms. The van der Waals surface area contributed by atoms with E-state index < -0.39 is 29.5 Å². The Labute approximate surface area is 223 Å². The van der Waals surface area contributed by atoms with E-state index in [1.54, 1.807) is 18.2 Å². The summed E-state index contributed by atoms with van der Waals surface area (Å²) < 4.78 is 30.2. The van der Waals surface area contributed by atoms with E-state index >= 15 is 4.39 Å². The normalized spacial score (nSPS) is 11.7. The van der Waals surface area contributed by atoms with Gasteiger partial charge in [0.25, 0.3) is 0 Å². The van der Waals surface area contributed by atoms with Gasteiger partial charge in [0.1, 0.15) is 29.7 Å². The van der Waals surface area contributed by atoms with E-state index in [2.05, 4.69) is 15.6 Å². The lowest BCUT2D eigenvalue weighted by Gasteiger charge is -2.32. The number of rotatable bonds is 9. The van der Waals surface area contributed by atoms with Gasteiger partial charge in [0.05, 0.1) is 5.52 Å². The second-order valence-electron chi connectivity index (χ2n) is 9.01.